The predicted octanol–water partition coefficient (Wildman–Crippen LogP) is 7.06. The molecule has 3 aromatic carbocycles. The van der Waals surface area contributed by atoms with E-state index in [1.165, 1.54) is 57.5 Å². The average molecular weight is 645 g/mol. The lowest BCUT2D eigenvalue weighted by Gasteiger charge is -2.41. The minimum atomic E-state index is -0.326. The second kappa shape index (κ2) is 14.2. The Balaban J connectivity index is 1.20. The van der Waals surface area contributed by atoms with Crippen molar-refractivity contribution in [2.24, 2.45) is 5.92 Å². The van der Waals surface area contributed by atoms with Crippen LogP contribution in [0.3, 0.4) is 0 Å². The molecule has 2 fully saturated rings. The van der Waals surface area contributed by atoms with E-state index in [1.54, 1.807) is 7.11 Å². The van der Waals surface area contributed by atoms with Crippen molar-refractivity contribution in [1.29, 1.82) is 0 Å². The maximum absolute atomic E-state index is 13.9. The van der Waals surface area contributed by atoms with Gasteiger partial charge in [0.15, 0.2) is 11.5 Å². The lowest BCUT2D eigenvalue weighted by molar-refractivity contribution is -0.118. The number of anilines is 2. The van der Waals surface area contributed by atoms with Crippen LogP contribution in [0.15, 0.2) is 60.7 Å². The molecule has 0 radical (unpaired) electrons. The first-order chi connectivity index (χ1) is 22.2. The fourth-order valence-corrected chi connectivity index (χ4v) is 7.69. The maximum atomic E-state index is 13.9. The van der Waals surface area contributed by atoms with Gasteiger partial charge in [0.1, 0.15) is 0 Å². The Labute approximate surface area is 280 Å². The van der Waals surface area contributed by atoms with Gasteiger partial charge in [-0.3, -0.25) is 9.69 Å². The number of amides is 1. The number of nitrogens with zero attached hydrogens (tertiary/aromatic N) is 4. The van der Waals surface area contributed by atoms with Gasteiger partial charge in [0.05, 0.1) is 25.7 Å². The summed E-state index contributed by atoms with van der Waals surface area (Å²) < 4.78 is 11.8. The predicted molar refractivity (Wildman–Crippen MR) is 188 cm³/mol. The molecule has 0 aromatic heterocycles. The second-order valence-electron chi connectivity index (χ2n) is 13.7. The van der Waals surface area contributed by atoms with E-state index >= 15 is 0 Å². The SMILES string of the molecule is COc1cc2c(cc1OC(C)C)[C@H](c1ccc(Cl)cc1)N(c1ccc(N(C)C[C@H]3CC[C@H](N4CCN(C)CC4)CC3)cc1)C(=O)C2. The van der Waals surface area contributed by atoms with Crippen molar-refractivity contribution < 1.29 is 14.3 Å². The Morgan fingerprint density at radius 2 is 1.59 bits per heavy atom. The molecular formula is C38H49ClN4O3. The zero-order valence-corrected chi connectivity index (χ0v) is 28.8. The van der Waals surface area contributed by atoms with Crippen LogP contribution in [0.2, 0.25) is 5.02 Å². The molecule has 0 N–H and O–H groups in total. The van der Waals surface area contributed by atoms with Gasteiger partial charge in [0.25, 0.3) is 0 Å². The summed E-state index contributed by atoms with van der Waals surface area (Å²) in [6.07, 6.45) is 5.46. The fourth-order valence-electron chi connectivity index (χ4n) is 7.57. The quantitative estimate of drug-likeness (QED) is 0.249. The Morgan fingerprint density at radius 1 is 0.913 bits per heavy atom. The number of ether oxygens (including phenoxy) is 2. The molecule has 6 rings (SSSR count). The number of hydrogen-bond acceptors (Lipinski definition) is 6. The number of benzene rings is 3. The molecule has 0 unspecified atom stereocenters. The van der Waals surface area contributed by atoms with Crippen molar-refractivity contribution in [3.05, 3.63) is 82.4 Å². The molecule has 2 aliphatic heterocycles. The van der Waals surface area contributed by atoms with Crippen molar-refractivity contribution in [3.63, 3.8) is 0 Å². The molecule has 0 spiro atoms. The monoisotopic (exact) mass is 644 g/mol. The summed E-state index contributed by atoms with van der Waals surface area (Å²) in [6.45, 7) is 9.87. The van der Waals surface area contributed by atoms with E-state index < -0.39 is 0 Å². The van der Waals surface area contributed by atoms with Gasteiger partial charge in [-0.1, -0.05) is 23.7 Å². The molecule has 46 heavy (non-hydrogen) atoms. The van der Waals surface area contributed by atoms with Gasteiger partial charge in [0.2, 0.25) is 5.91 Å². The molecule has 0 bridgehead atoms. The molecule has 1 aliphatic carbocycles. The van der Waals surface area contributed by atoms with Gasteiger partial charge in [0, 0.05) is 62.2 Å². The summed E-state index contributed by atoms with van der Waals surface area (Å²) in [4.78, 5) is 23.4. The highest BCUT2D eigenvalue weighted by atomic mass is 35.5. The topological polar surface area (TPSA) is 48.5 Å². The highest BCUT2D eigenvalue weighted by Crippen LogP contribution is 2.44. The third-order valence-electron chi connectivity index (χ3n) is 10.1. The number of likely N-dealkylation sites (N-methyl/N-ethyl adjacent to an activating group) is 1. The highest BCUT2D eigenvalue weighted by molar-refractivity contribution is 6.30. The van der Waals surface area contributed by atoms with Crippen LogP contribution in [-0.2, 0) is 11.2 Å². The normalized spacial score (nSPS) is 22.5. The zero-order chi connectivity index (χ0) is 32.4. The van der Waals surface area contributed by atoms with Crippen LogP contribution >= 0.6 is 11.6 Å². The van der Waals surface area contributed by atoms with Gasteiger partial charge >= 0.3 is 0 Å². The highest BCUT2D eigenvalue weighted by Gasteiger charge is 2.36. The van der Waals surface area contributed by atoms with Gasteiger partial charge in [-0.15, -0.1) is 0 Å². The van der Waals surface area contributed by atoms with Crippen molar-refractivity contribution in [3.8, 4) is 11.5 Å². The number of carbonyl (C=O) groups excluding carboxylic acids is 1. The van der Waals surface area contributed by atoms with Crippen molar-refractivity contribution in [2.75, 3.05) is 63.7 Å². The summed E-state index contributed by atoms with van der Waals surface area (Å²) in [5.74, 6) is 2.08. The number of halogens is 1. The van der Waals surface area contributed by atoms with E-state index in [9.17, 15) is 4.79 Å². The minimum Gasteiger partial charge on any atom is -0.493 e. The molecule has 7 nitrogen and oxygen atoms in total. The van der Waals surface area contributed by atoms with E-state index in [0.29, 0.717) is 22.4 Å². The molecule has 1 amide bonds. The van der Waals surface area contributed by atoms with Crippen LogP contribution in [0, 0.1) is 5.92 Å². The van der Waals surface area contributed by atoms with E-state index in [1.807, 2.05) is 55.1 Å². The van der Waals surface area contributed by atoms with Crippen LogP contribution in [-0.4, -0.2) is 81.8 Å². The second-order valence-corrected chi connectivity index (χ2v) is 14.1. The summed E-state index contributed by atoms with van der Waals surface area (Å²) in [7, 11) is 6.07. The van der Waals surface area contributed by atoms with E-state index in [4.69, 9.17) is 21.1 Å². The first-order valence-electron chi connectivity index (χ1n) is 16.9. The molecular weight excluding hydrogens is 596 g/mol. The van der Waals surface area contributed by atoms with Gasteiger partial charge in [-0.25, -0.2) is 0 Å². The summed E-state index contributed by atoms with van der Waals surface area (Å²) >= 11 is 6.29. The first kappa shape index (κ1) is 32.7. The molecule has 3 aromatic rings. The smallest absolute Gasteiger partial charge is 0.232 e. The lowest BCUT2D eigenvalue weighted by Crippen LogP contribution is -2.50. The van der Waals surface area contributed by atoms with Crippen LogP contribution in [0.25, 0.3) is 0 Å². The number of methoxy groups -OCH3 is 1. The molecule has 3 aliphatic rings. The Bertz CT molecular complexity index is 1480. The Morgan fingerprint density at radius 3 is 2.22 bits per heavy atom. The number of carbonyl (C=O) groups is 1. The van der Waals surface area contributed by atoms with Gasteiger partial charge < -0.3 is 24.2 Å². The van der Waals surface area contributed by atoms with Crippen molar-refractivity contribution in [2.45, 2.75) is 64.1 Å². The third-order valence-corrected chi connectivity index (χ3v) is 10.4. The zero-order valence-electron chi connectivity index (χ0n) is 28.0. The largest absolute Gasteiger partial charge is 0.493 e. The summed E-state index contributed by atoms with van der Waals surface area (Å²) in [5.41, 5.74) is 5.03. The van der Waals surface area contributed by atoms with Crippen LogP contribution in [0.5, 0.6) is 11.5 Å². The van der Waals surface area contributed by atoms with E-state index in [0.717, 1.165) is 35.0 Å². The van der Waals surface area contributed by atoms with Crippen molar-refractivity contribution in [1.82, 2.24) is 9.80 Å². The van der Waals surface area contributed by atoms with E-state index in [2.05, 4.69) is 53.1 Å². The Hall–Kier alpha value is -3.26. The van der Waals surface area contributed by atoms with Crippen LogP contribution in [0.4, 0.5) is 11.4 Å². The summed E-state index contributed by atoms with van der Waals surface area (Å²) in [5, 5.41) is 0.663. The number of hydrogen-bond donors (Lipinski definition) is 0. The van der Waals surface area contributed by atoms with Gasteiger partial charge in [-0.2, -0.15) is 0 Å². The third kappa shape index (κ3) is 7.17. The van der Waals surface area contributed by atoms with E-state index in [-0.39, 0.29) is 24.5 Å². The molecule has 2 heterocycles. The standard InChI is InChI=1S/C38H49ClN4O3/c1-26(2)46-36-24-34-29(22-35(36)45-5)23-37(44)43(38(34)28-8-10-30(39)11-9-28)33-16-14-31(15-17-33)41(4)25-27-6-12-32(13-7-27)42-20-18-40(3)19-21-42/h8-11,14-17,22,24,26-27,32,38H,6-7,12-13,18-21,23,25H2,1-5H3/t27-,32-,38-/m0/s1. The molecule has 8 heteroatoms. The maximum Gasteiger partial charge on any atom is 0.232 e. The Kier molecular flexibility index (Phi) is 10.1. The fraction of sp³-hybridized carbons (Fsp3) is 0.500. The minimum absolute atomic E-state index is 0.0150. The molecule has 1 saturated carbocycles. The van der Waals surface area contributed by atoms with Gasteiger partial charge in [-0.05, 0) is 118 Å². The molecule has 1 saturated heterocycles. The average Bonchev–Trinajstić information content (AvgIpc) is 3.05. The first-order valence-corrected chi connectivity index (χ1v) is 17.3. The number of rotatable bonds is 9. The number of piperazine rings is 1. The van der Waals surface area contributed by atoms with Crippen LogP contribution in [0.1, 0.15) is 62.3 Å². The van der Waals surface area contributed by atoms with Crippen molar-refractivity contribution >= 4 is 28.9 Å². The molecule has 1 atom stereocenters. The molecule has 246 valence electrons. The summed E-state index contributed by atoms with van der Waals surface area (Å²) in [6, 6.07) is 20.7. The number of fused-ring (bicyclic) bond motifs is 1. The van der Waals surface area contributed by atoms with Crippen LogP contribution < -0.4 is 19.3 Å². The lowest BCUT2D eigenvalue weighted by atomic mass is 9.84.